The molecule has 1 aliphatic rings. The van der Waals surface area contributed by atoms with Crippen molar-refractivity contribution in [3.8, 4) is 11.4 Å². The Balaban J connectivity index is 1.38. The molecule has 1 saturated heterocycles. The minimum atomic E-state index is -0.309. The van der Waals surface area contributed by atoms with Crippen LogP contribution in [0, 0.1) is 5.82 Å². The normalized spacial score (nSPS) is 16.7. The number of rotatable bonds is 5. The number of carbonyl (C=O) groups excluding carboxylic acids is 1. The Bertz CT molecular complexity index is 986. The van der Waals surface area contributed by atoms with Crippen LogP contribution in [0.5, 0.6) is 0 Å². The number of likely N-dealkylation sites (tertiary alicyclic amines) is 1. The van der Waals surface area contributed by atoms with E-state index in [9.17, 15) is 9.18 Å². The Morgan fingerprint density at radius 1 is 1.21 bits per heavy atom. The van der Waals surface area contributed by atoms with Crippen molar-refractivity contribution >= 4 is 11.6 Å². The molecule has 2 aromatic carbocycles. The molecule has 3 aromatic rings. The lowest BCUT2D eigenvalue weighted by molar-refractivity contribution is -0.132. The minimum Gasteiger partial charge on any atom is -0.399 e. The largest absolute Gasteiger partial charge is 0.399 e. The SMILES string of the molecule is Nc1ccccc1CCC(=O)N1CCCC(c2nc(-c3ccc(F)cc3)no2)C1. The highest BCUT2D eigenvalue weighted by Gasteiger charge is 2.28. The number of para-hydroxylation sites is 1. The van der Waals surface area contributed by atoms with Gasteiger partial charge in [-0.3, -0.25) is 4.79 Å². The van der Waals surface area contributed by atoms with Crippen molar-refractivity contribution in [1.82, 2.24) is 15.0 Å². The van der Waals surface area contributed by atoms with Gasteiger partial charge < -0.3 is 15.2 Å². The van der Waals surface area contributed by atoms with Gasteiger partial charge in [0.1, 0.15) is 5.82 Å². The van der Waals surface area contributed by atoms with E-state index in [0.29, 0.717) is 36.7 Å². The molecule has 2 heterocycles. The second-order valence-electron chi connectivity index (χ2n) is 7.34. The lowest BCUT2D eigenvalue weighted by Gasteiger charge is -2.31. The monoisotopic (exact) mass is 394 g/mol. The van der Waals surface area contributed by atoms with Crippen LogP contribution in [0.2, 0.25) is 0 Å². The van der Waals surface area contributed by atoms with E-state index in [0.717, 1.165) is 30.6 Å². The fourth-order valence-electron chi connectivity index (χ4n) is 3.68. The van der Waals surface area contributed by atoms with E-state index in [4.69, 9.17) is 10.3 Å². The molecule has 4 rings (SSSR count). The van der Waals surface area contributed by atoms with Gasteiger partial charge in [-0.25, -0.2) is 4.39 Å². The third-order valence-electron chi connectivity index (χ3n) is 5.33. The average molecular weight is 394 g/mol. The van der Waals surface area contributed by atoms with Crippen LogP contribution in [0.15, 0.2) is 53.1 Å². The molecule has 1 amide bonds. The van der Waals surface area contributed by atoms with Crippen LogP contribution in [0.25, 0.3) is 11.4 Å². The molecule has 7 heteroatoms. The van der Waals surface area contributed by atoms with Gasteiger partial charge in [0.05, 0.1) is 5.92 Å². The van der Waals surface area contributed by atoms with Gasteiger partial charge in [0.2, 0.25) is 17.6 Å². The maximum atomic E-state index is 13.1. The highest BCUT2D eigenvalue weighted by molar-refractivity contribution is 5.77. The predicted octanol–water partition coefficient (Wildman–Crippen LogP) is 3.80. The van der Waals surface area contributed by atoms with Crippen LogP contribution in [0.3, 0.4) is 0 Å². The second kappa shape index (κ2) is 8.43. The third-order valence-corrected chi connectivity index (χ3v) is 5.33. The molecule has 1 aromatic heterocycles. The molecule has 1 aliphatic heterocycles. The maximum Gasteiger partial charge on any atom is 0.231 e. The van der Waals surface area contributed by atoms with Gasteiger partial charge in [-0.2, -0.15) is 4.98 Å². The van der Waals surface area contributed by atoms with Crippen LogP contribution in [-0.2, 0) is 11.2 Å². The fraction of sp³-hybridized carbons (Fsp3) is 0.318. The molecule has 150 valence electrons. The molecule has 29 heavy (non-hydrogen) atoms. The average Bonchev–Trinajstić information content (AvgIpc) is 3.24. The number of piperidine rings is 1. The third kappa shape index (κ3) is 4.45. The fourth-order valence-corrected chi connectivity index (χ4v) is 3.68. The number of hydrogen-bond acceptors (Lipinski definition) is 5. The standard InChI is InChI=1S/C22H23FN4O2/c23-18-10-7-16(8-11-18)21-25-22(29-26-21)17-5-3-13-27(14-17)20(28)12-9-15-4-1-2-6-19(15)24/h1-2,4,6-8,10-11,17H,3,5,9,12-14,24H2. The first-order valence-electron chi connectivity index (χ1n) is 9.81. The number of anilines is 1. The van der Waals surface area contributed by atoms with Gasteiger partial charge in [-0.1, -0.05) is 23.4 Å². The van der Waals surface area contributed by atoms with E-state index in [1.54, 1.807) is 12.1 Å². The van der Waals surface area contributed by atoms with Crippen molar-refractivity contribution in [2.24, 2.45) is 0 Å². The van der Waals surface area contributed by atoms with Gasteiger partial charge in [-0.05, 0) is 55.2 Å². The Morgan fingerprint density at radius 3 is 2.79 bits per heavy atom. The summed E-state index contributed by atoms with van der Waals surface area (Å²) >= 11 is 0. The quantitative estimate of drug-likeness (QED) is 0.666. The molecular weight excluding hydrogens is 371 g/mol. The number of halogens is 1. The number of benzene rings is 2. The van der Waals surface area contributed by atoms with Crippen molar-refractivity contribution in [3.63, 3.8) is 0 Å². The summed E-state index contributed by atoms with van der Waals surface area (Å²) in [6, 6.07) is 13.6. The first kappa shape index (κ1) is 19.1. The van der Waals surface area contributed by atoms with Crippen LogP contribution < -0.4 is 5.73 Å². The van der Waals surface area contributed by atoms with Crippen LogP contribution >= 0.6 is 0 Å². The lowest BCUT2D eigenvalue weighted by Crippen LogP contribution is -2.39. The van der Waals surface area contributed by atoms with Crippen molar-refractivity contribution < 1.29 is 13.7 Å². The summed E-state index contributed by atoms with van der Waals surface area (Å²) in [6.07, 6.45) is 2.83. The molecular formula is C22H23FN4O2. The van der Waals surface area contributed by atoms with E-state index < -0.39 is 0 Å². The zero-order valence-electron chi connectivity index (χ0n) is 16.1. The van der Waals surface area contributed by atoms with E-state index in [1.165, 1.54) is 12.1 Å². The topological polar surface area (TPSA) is 85.3 Å². The summed E-state index contributed by atoms with van der Waals surface area (Å²) < 4.78 is 18.6. The second-order valence-corrected chi connectivity index (χ2v) is 7.34. The van der Waals surface area contributed by atoms with Crippen molar-refractivity contribution in [2.75, 3.05) is 18.8 Å². The molecule has 0 aliphatic carbocycles. The molecule has 6 nitrogen and oxygen atoms in total. The molecule has 2 N–H and O–H groups in total. The highest BCUT2D eigenvalue weighted by atomic mass is 19.1. The van der Waals surface area contributed by atoms with Crippen molar-refractivity contribution in [3.05, 3.63) is 65.8 Å². The molecule has 1 atom stereocenters. The molecule has 1 fully saturated rings. The minimum absolute atomic E-state index is 0.0104. The van der Waals surface area contributed by atoms with E-state index in [-0.39, 0.29) is 17.6 Å². The number of aromatic nitrogens is 2. The Labute approximate surface area is 168 Å². The van der Waals surface area contributed by atoms with Crippen LogP contribution in [-0.4, -0.2) is 34.0 Å². The molecule has 0 bridgehead atoms. The number of nitrogen functional groups attached to an aromatic ring is 1. The smallest absolute Gasteiger partial charge is 0.231 e. The van der Waals surface area contributed by atoms with Gasteiger partial charge in [-0.15, -0.1) is 0 Å². The van der Waals surface area contributed by atoms with Gasteiger partial charge in [0.15, 0.2) is 0 Å². The summed E-state index contributed by atoms with van der Waals surface area (Å²) in [5, 5.41) is 4.02. The first-order valence-corrected chi connectivity index (χ1v) is 9.81. The maximum absolute atomic E-state index is 13.1. The Kier molecular flexibility index (Phi) is 5.55. The molecule has 1 unspecified atom stereocenters. The molecule has 0 spiro atoms. The van der Waals surface area contributed by atoms with E-state index in [2.05, 4.69) is 10.1 Å². The zero-order valence-corrected chi connectivity index (χ0v) is 16.1. The first-order chi connectivity index (χ1) is 14.1. The number of nitrogens with two attached hydrogens (primary N) is 1. The van der Waals surface area contributed by atoms with Crippen LogP contribution in [0.4, 0.5) is 10.1 Å². The summed E-state index contributed by atoms with van der Waals surface area (Å²) in [6.45, 7) is 1.30. The molecule has 0 saturated carbocycles. The number of aryl methyl sites for hydroxylation is 1. The number of amides is 1. The number of hydrogen-bond donors (Lipinski definition) is 1. The number of nitrogens with zero attached hydrogens (tertiary/aromatic N) is 3. The van der Waals surface area contributed by atoms with Gasteiger partial charge in [0.25, 0.3) is 0 Å². The van der Waals surface area contributed by atoms with Crippen LogP contribution in [0.1, 0.15) is 36.6 Å². The van der Waals surface area contributed by atoms with Crippen molar-refractivity contribution in [2.45, 2.75) is 31.6 Å². The number of carbonyl (C=O) groups is 1. The predicted molar refractivity (Wildman–Crippen MR) is 107 cm³/mol. The summed E-state index contributed by atoms with van der Waals surface area (Å²) in [7, 11) is 0. The highest BCUT2D eigenvalue weighted by Crippen LogP contribution is 2.28. The zero-order chi connectivity index (χ0) is 20.2. The summed E-state index contributed by atoms with van der Waals surface area (Å²) in [5.41, 5.74) is 8.38. The lowest BCUT2D eigenvalue weighted by atomic mass is 9.97. The van der Waals surface area contributed by atoms with Gasteiger partial charge >= 0.3 is 0 Å². The Hall–Kier alpha value is -3.22. The molecule has 0 radical (unpaired) electrons. The van der Waals surface area contributed by atoms with Crippen molar-refractivity contribution in [1.29, 1.82) is 0 Å². The summed E-state index contributed by atoms with van der Waals surface area (Å²) in [5.74, 6) is 0.765. The Morgan fingerprint density at radius 2 is 2.00 bits per heavy atom. The van der Waals surface area contributed by atoms with E-state index in [1.807, 2.05) is 29.2 Å². The van der Waals surface area contributed by atoms with Gasteiger partial charge in [0, 0.05) is 30.8 Å². The van der Waals surface area contributed by atoms with E-state index >= 15 is 0 Å². The summed E-state index contributed by atoms with van der Waals surface area (Å²) in [4.78, 5) is 19.0.